The van der Waals surface area contributed by atoms with E-state index in [0.29, 0.717) is 0 Å². The first-order chi connectivity index (χ1) is 37.9. The topological polar surface area (TPSA) is 48.0 Å². The van der Waals surface area contributed by atoms with Crippen molar-refractivity contribution in [1.82, 2.24) is 0 Å². The average molecular weight is 1000 g/mol. The van der Waals surface area contributed by atoms with Crippen molar-refractivity contribution in [1.29, 1.82) is 0 Å². The van der Waals surface area contributed by atoms with Gasteiger partial charge in [0.05, 0.1) is 38.4 Å². The minimum atomic E-state index is -1.29. The van der Waals surface area contributed by atoms with Gasteiger partial charge in [-0.1, -0.05) is 139 Å². The normalized spacial score (nSPS) is 15.0. The van der Waals surface area contributed by atoms with E-state index in [4.69, 9.17) is 18.3 Å². The highest BCUT2D eigenvalue weighted by atomic mass is 31.1. The largest absolute Gasteiger partial charge is 0.456 e. The van der Waals surface area contributed by atoms with Gasteiger partial charge in [0.2, 0.25) is 0 Å². The number of furan rings is 2. The molecule has 12 aromatic carbocycles. The van der Waals surface area contributed by atoms with Gasteiger partial charge >= 0.3 is 0 Å². The second-order valence-corrected chi connectivity index (χ2v) is 23.3. The summed E-state index contributed by atoms with van der Waals surface area (Å²) >= 11 is 0. The van der Waals surface area contributed by atoms with Gasteiger partial charge < -0.3 is 23.2 Å². The number of aryl methyl sites for hydroxylation is 2. The average Bonchev–Trinajstić information content (AvgIpc) is 4.14. The van der Waals surface area contributed by atoms with Crippen molar-refractivity contribution in [2.24, 2.45) is 0 Å². The fraction of sp³-hybridized carbons (Fsp3) is 0.0423. The van der Waals surface area contributed by atoms with E-state index in [9.17, 15) is 0 Å². The van der Waals surface area contributed by atoms with Gasteiger partial charge in [-0.05, 0) is 159 Å². The molecule has 5 nitrogen and oxygen atoms in total. The third-order valence-corrected chi connectivity index (χ3v) is 19.6. The van der Waals surface area contributed by atoms with E-state index in [-0.39, 0.29) is 0 Å². The molecule has 0 bridgehead atoms. The molecule has 0 N–H and O–H groups in total. The molecule has 2 aromatic heterocycles. The minimum absolute atomic E-state index is 0.739. The van der Waals surface area contributed by atoms with Crippen LogP contribution in [0.5, 0.6) is 23.0 Å². The fourth-order valence-electron chi connectivity index (χ4n) is 13.7. The van der Waals surface area contributed by atoms with Crippen LogP contribution in [0.4, 0.5) is 17.1 Å². The van der Waals surface area contributed by atoms with E-state index < -0.39 is 13.3 Å². The van der Waals surface area contributed by atoms with Crippen LogP contribution in [0, 0.1) is 13.8 Å². The van der Waals surface area contributed by atoms with E-state index in [1.54, 1.807) is 0 Å². The van der Waals surface area contributed by atoms with E-state index in [1.807, 2.05) is 0 Å². The smallest absolute Gasteiger partial charge is 0.145 e. The van der Waals surface area contributed by atoms with Crippen LogP contribution in [0.3, 0.4) is 0 Å². The third kappa shape index (κ3) is 5.51. The van der Waals surface area contributed by atoms with Crippen molar-refractivity contribution in [3.05, 3.63) is 252 Å². The summed E-state index contributed by atoms with van der Waals surface area (Å²) in [5, 5.41) is 12.5. The zero-order chi connectivity index (χ0) is 50.4. The second kappa shape index (κ2) is 14.9. The zero-order valence-corrected chi connectivity index (χ0v) is 42.7. The van der Waals surface area contributed by atoms with Gasteiger partial charge in [-0.15, -0.1) is 0 Å². The van der Waals surface area contributed by atoms with Gasteiger partial charge in [0.15, 0.2) is 0 Å². The van der Waals surface area contributed by atoms with Crippen LogP contribution in [0.2, 0.25) is 0 Å². The van der Waals surface area contributed by atoms with Gasteiger partial charge in [0.25, 0.3) is 0 Å². The lowest BCUT2D eigenvalue weighted by Crippen LogP contribution is -2.46. The number of benzene rings is 12. The quantitative estimate of drug-likeness (QED) is 0.164. The lowest BCUT2D eigenvalue weighted by molar-refractivity contribution is 0.467. The molecule has 6 heterocycles. The number of hydrogen-bond acceptors (Lipinski definition) is 5. The van der Waals surface area contributed by atoms with E-state index in [2.05, 4.69) is 237 Å². The minimum Gasteiger partial charge on any atom is -0.456 e. The Morgan fingerprint density at radius 3 is 1.49 bits per heavy atom. The number of rotatable bonds is 4. The molecule has 0 spiro atoms. The van der Waals surface area contributed by atoms with Crippen LogP contribution in [0.1, 0.15) is 33.4 Å². The first kappa shape index (κ1) is 41.9. The highest BCUT2D eigenvalue weighted by Crippen LogP contribution is 2.68. The number of ether oxygens (including phenoxy) is 2. The molecule has 1 atom stereocenters. The molecule has 6 heteroatoms. The number of anilines is 3. The molecule has 18 rings (SSSR count). The highest BCUT2D eigenvalue weighted by Gasteiger charge is 2.54. The van der Waals surface area contributed by atoms with Crippen LogP contribution in [-0.2, 0) is 5.41 Å². The molecule has 0 radical (unpaired) electrons. The first-order valence-corrected chi connectivity index (χ1v) is 27.7. The lowest BCUT2D eigenvalue weighted by Gasteiger charge is -2.52. The summed E-state index contributed by atoms with van der Waals surface area (Å²) in [6, 6.07) is 80.2. The molecular formula is C71H42NO4P. The summed E-state index contributed by atoms with van der Waals surface area (Å²) in [4.78, 5) is 2.56. The monoisotopic (exact) mass is 1000 g/mol. The summed E-state index contributed by atoms with van der Waals surface area (Å²) in [5.41, 5.74) is 17.5. The summed E-state index contributed by atoms with van der Waals surface area (Å²) < 4.78 is 28.3. The van der Waals surface area contributed by atoms with Crippen LogP contribution in [0.15, 0.2) is 227 Å². The Hall–Kier alpha value is -9.41. The highest BCUT2D eigenvalue weighted by molar-refractivity contribution is 7.81. The fourth-order valence-corrected chi connectivity index (χ4v) is 16.6. The maximum absolute atomic E-state index is 7.61. The van der Waals surface area contributed by atoms with Crippen molar-refractivity contribution in [2.45, 2.75) is 19.3 Å². The van der Waals surface area contributed by atoms with Crippen LogP contribution in [0.25, 0.3) is 87.7 Å². The summed E-state index contributed by atoms with van der Waals surface area (Å²) in [6.07, 6.45) is 0. The molecule has 14 aromatic rings. The second-order valence-electron chi connectivity index (χ2n) is 21.3. The van der Waals surface area contributed by atoms with E-state index >= 15 is 0 Å². The molecule has 77 heavy (non-hydrogen) atoms. The van der Waals surface area contributed by atoms with Crippen LogP contribution in [-0.4, -0.2) is 0 Å². The molecular weight excluding hydrogens is 962 g/mol. The molecule has 0 fully saturated rings. The van der Waals surface area contributed by atoms with Crippen LogP contribution < -0.4 is 30.3 Å². The Labute approximate surface area is 443 Å². The van der Waals surface area contributed by atoms with Gasteiger partial charge in [-0.3, -0.25) is 0 Å². The Morgan fingerprint density at radius 1 is 0.377 bits per heavy atom. The van der Waals surface area contributed by atoms with Gasteiger partial charge in [-0.25, -0.2) is 0 Å². The Kier molecular flexibility index (Phi) is 8.11. The molecule has 0 saturated heterocycles. The Morgan fingerprint density at radius 2 is 0.896 bits per heavy atom. The zero-order valence-electron chi connectivity index (χ0n) is 41.8. The Balaban J connectivity index is 0.972. The Bertz CT molecular complexity index is 4920. The van der Waals surface area contributed by atoms with Gasteiger partial charge in [0, 0.05) is 40.6 Å². The summed E-state index contributed by atoms with van der Waals surface area (Å²) in [5.74, 6) is 3.46. The lowest BCUT2D eigenvalue weighted by atomic mass is 9.61. The predicted octanol–water partition coefficient (Wildman–Crippen LogP) is 18.2. The molecule has 4 aliphatic rings. The molecule has 1 unspecified atom stereocenters. The van der Waals surface area contributed by atoms with Gasteiger partial charge in [-0.2, -0.15) is 0 Å². The summed E-state index contributed by atoms with van der Waals surface area (Å²) in [6.45, 7) is 4.37. The standard InChI is InChI=1S/C71H42NO4P/c1-39-21-25-57-55(29-39)71(47-17-5-3-6-18-47,48-19-7-4-8-20-48)56-38-50(46-23-28-60-52(35-46)54-33-42-14-10-12-16-44(42)37-62(54)74-60)67-70-65(56)72(57)58-26-24-49(66-68(58)77(70)69-63(75-66)30-40(2)31-64(69)76-67)45-22-27-59-51(34-45)53-32-41-13-9-11-15-43(41)36-61(53)73-59/h3-38H,1-2H3. The SMILES string of the molecule is Cc1cc2c3c(c1)Oc1c(-c4ccc5oc6cc7ccccc7cc6c5c4)cc4c5c1P3c1c(ccc(-c3ccc6oc7cc8ccccc8cc7c6c3)c1O2)N5c1ccc(C)cc1C4(c1ccccc1)c1ccccc1. The number of fused-ring (bicyclic) bond motifs is 11. The van der Waals surface area contributed by atoms with Crippen molar-refractivity contribution in [3.63, 3.8) is 0 Å². The van der Waals surface area contributed by atoms with Crippen molar-refractivity contribution in [3.8, 4) is 45.3 Å². The van der Waals surface area contributed by atoms with Crippen molar-refractivity contribution >= 4 is 106 Å². The maximum Gasteiger partial charge on any atom is 0.145 e. The predicted molar refractivity (Wildman–Crippen MR) is 315 cm³/mol. The molecule has 0 aliphatic carbocycles. The summed E-state index contributed by atoms with van der Waals surface area (Å²) in [7, 11) is -1.29. The molecule has 4 aliphatic heterocycles. The molecule has 360 valence electrons. The van der Waals surface area contributed by atoms with Crippen LogP contribution >= 0.6 is 7.92 Å². The van der Waals surface area contributed by atoms with Gasteiger partial charge in [0.1, 0.15) is 45.3 Å². The maximum atomic E-state index is 7.61. The number of hydrogen-bond donors (Lipinski definition) is 0. The van der Waals surface area contributed by atoms with E-state index in [1.165, 1.54) is 54.9 Å². The van der Waals surface area contributed by atoms with Crippen molar-refractivity contribution < 1.29 is 18.3 Å². The first-order valence-electron chi connectivity index (χ1n) is 26.4. The van der Waals surface area contributed by atoms with E-state index in [0.717, 1.165) is 122 Å². The number of nitrogens with zero attached hydrogens (tertiary/aromatic N) is 1. The third-order valence-electron chi connectivity index (χ3n) is 17.0. The molecule has 0 amide bonds. The molecule has 0 saturated carbocycles. The van der Waals surface area contributed by atoms with Crippen molar-refractivity contribution in [2.75, 3.05) is 4.90 Å².